The molecule has 2 aromatic rings. The van der Waals surface area contributed by atoms with Gasteiger partial charge in [0.25, 0.3) is 5.91 Å². The van der Waals surface area contributed by atoms with Crippen LogP contribution in [0.5, 0.6) is 0 Å². The molecule has 1 amide bonds. The summed E-state index contributed by atoms with van der Waals surface area (Å²) in [5, 5.41) is 1.33. The Kier molecular flexibility index (Phi) is 6.27. The summed E-state index contributed by atoms with van der Waals surface area (Å²) in [6.45, 7) is 3.87. The lowest BCUT2D eigenvalue weighted by Crippen LogP contribution is -2.48. The Balaban J connectivity index is 1.58. The third-order valence-corrected chi connectivity index (χ3v) is 7.76. The lowest BCUT2D eigenvalue weighted by molar-refractivity contribution is 0.0633. The van der Waals surface area contributed by atoms with E-state index in [1.165, 1.54) is 11.3 Å². The van der Waals surface area contributed by atoms with Crippen molar-refractivity contribution in [2.45, 2.75) is 6.54 Å². The minimum absolute atomic E-state index is 0.0931. The third kappa shape index (κ3) is 4.34. The maximum Gasteiger partial charge on any atom is 0.264 e. The third-order valence-electron chi connectivity index (χ3n) is 3.92. The summed E-state index contributed by atoms with van der Waals surface area (Å²) >= 11 is 20.5. The van der Waals surface area contributed by atoms with Gasteiger partial charge in [0.15, 0.2) is 0 Å². The van der Waals surface area contributed by atoms with Crippen LogP contribution in [0.4, 0.5) is 0 Å². The van der Waals surface area contributed by atoms with Gasteiger partial charge in [0, 0.05) is 47.2 Å². The van der Waals surface area contributed by atoms with E-state index < -0.39 is 0 Å². The van der Waals surface area contributed by atoms with Crippen molar-refractivity contribution in [3.63, 3.8) is 0 Å². The standard InChI is InChI=1S/C16H14Br2Cl2N2OS/c17-12-8-14(24-15(12)18)16(23)22-5-3-21(4-6-22)9-10-1-2-11(19)7-13(10)20/h1-2,7-8H,3-6,9H2. The topological polar surface area (TPSA) is 23.6 Å². The lowest BCUT2D eigenvalue weighted by atomic mass is 10.2. The van der Waals surface area contributed by atoms with Crippen molar-refractivity contribution in [2.75, 3.05) is 26.2 Å². The Hall–Kier alpha value is -0.110. The van der Waals surface area contributed by atoms with E-state index in [1.807, 2.05) is 23.1 Å². The fourth-order valence-electron chi connectivity index (χ4n) is 2.61. The van der Waals surface area contributed by atoms with Crippen LogP contribution >= 0.6 is 66.4 Å². The van der Waals surface area contributed by atoms with Crippen LogP contribution in [0.3, 0.4) is 0 Å². The van der Waals surface area contributed by atoms with Crippen LogP contribution < -0.4 is 0 Å². The first-order valence-electron chi connectivity index (χ1n) is 7.34. The number of carbonyl (C=O) groups excluding carboxylic acids is 1. The number of benzene rings is 1. The first kappa shape index (κ1) is 18.7. The monoisotopic (exact) mass is 510 g/mol. The van der Waals surface area contributed by atoms with E-state index in [4.69, 9.17) is 23.2 Å². The summed E-state index contributed by atoms with van der Waals surface area (Å²) in [5.41, 5.74) is 1.06. The van der Waals surface area contributed by atoms with Crippen LogP contribution in [0.25, 0.3) is 0 Å². The molecule has 1 aromatic carbocycles. The predicted octanol–water partition coefficient (Wildman–Crippen LogP) is 5.54. The average Bonchev–Trinajstić information content (AvgIpc) is 2.89. The lowest BCUT2D eigenvalue weighted by Gasteiger charge is -2.34. The second kappa shape index (κ2) is 8.06. The molecule has 1 aliphatic rings. The van der Waals surface area contributed by atoms with Gasteiger partial charge in [-0.05, 0) is 55.6 Å². The Morgan fingerprint density at radius 2 is 1.83 bits per heavy atom. The second-order valence-corrected chi connectivity index (χ2v) is 9.60. The van der Waals surface area contributed by atoms with Gasteiger partial charge in [0.05, 0.1) is 8.66 Å². The number of piperazine rings is 1. The highest BCUT2D eigenvalue weighted by Gasteiger charge is 2.24. The molecule has 0 atom stereocenters. The Labute approximate surface area is 171 Å². The van der Waals surface area contributed by atoms with Gasteiger partial charge in [-0.3, -0.25) is 9.69 Å². The minimum atomic E-state index is 0.0931. The summed E-state index contributed by atoms with van der Waals surface area (Å²) < 4.78 is 1.87. The Morgan fingerprint density at radius 1 is 1.12 bits per heavy atom. The van der Waals surface area contributed by atoms with Crippen molar-refractivity contribution in [1.29, 1.82) is 0 Å². The van der Waals surface area contributed by atoms with E-state index in [1.54, 1.807) is 6.07 Å². The quantitative estimate of drug-likeness (QED) is 0.539. The maximum absolute atomic E-state index is 12.6. The van der Waals surface area contributed by atoms with Gasteiger partial charge in [0.2, 0.25) is 0 Å². The van der Waals surface area contributed by atoms with Crippen LogP contribution in [0.2, 0.25) is 10.0 Å². The molecule has 3 rings (SSSR count). The van der Waals surface area contributed by atoms with Gasteiger partial charge in [-0.25, -0.2) is 0 Å². The van der Waals surface area contributed by atoms with Gasteiger partial charge in [-0.15, -0.1) is 11.3 Å². The van der Waals surface area contributed by atoms with Crippen molar-refractivity contribution in [2.24, 2.45) is 0 Å². The number of hydrogen-bond donors (Lipinski definition) is 0. The van der Waals surface area contributed by atoms with Crippen molar-refractivity contribution < 1.29 is 4.79 Å². The molecule has 0 saturated carbocycles. The second-order valence-electron chi connectivity index (χ2n) is 5.54. The van der Waals surface area contributed by atoms with E-state index in [0.29, 0.717) is 10.0 Å². The van der Waals surface area contributed by atoms with E-state index in [9.17, 15) is 4.79 Å². The molecule has 1 fully saturated rings. The highest BCUT2D eigenvalue weighted by molar-refractivity contribution is 9.13. The Morgan fingerprint density at radius 3 is 2.42 bits per heavy atom. The minimum Gasteiger partial charge on any atom is -0.335 e. The maximum atomic E-state index is 12.6. The molecule has 0 unspecified atom stereocenters. The van der Waals surface area contributed by atoms with Crippen LogP contribution in [0.1, 0.15) is 15.2 Å². The first-order valence-corrected chi connectivity index (χ1v) is 10.5. The SMILES string of the molecule is O=C(c1cc(Br)c(Br)s1)N1CCN(Cc2ccc(Cl)cc2Cl)CC1. The summed E-state index contributed by atoms with van der Waals surface area (Å²) in [6.07, 6.45) is 0. The van der Waals surface area contributed by atoms with Gasteiger partial charge in [-0.2, -0.15) is 0 Å². The number of thiophene rings is 1. The van der Waals surface area contributed by atoms with E-state index in [0.717, 1.165) is 51.4 Å². The molecule has 0 radical (unpaired) electrons. The highest BCUT2D eigenvalue weighted by atomic mass is 79.9. The molecule has 0 N–H and O–H groups in total. The largest absolute Gasteiger partial charge is 0.335 e. The molecule has 2 heterocycles. The molecule has 128 valence electrons. The molecule has 0 spiro atoms. The number of nitrogens with zero attached hydrogens (tertiary/aromatic N) is 2. The first-order chi connectivity index (χ1) is 11.4. The molecule has 0 aliphatic carbocycles. The van der Waals surface area contributed by atoms with Crippen molar-refractivity contribution >= 4 is 72.3 Å². The van der Waals surface area contributed by atoms with Gasteiger partial charge < -0.3 is 4.90 Å². The average molecular weight is 513 g/mol. The molecular weight excluding hydrogens is 499 g/mol. The van der Waals surface area contributed by atoms with E-state index in [-0.39, 0.29) is 5.91 Å². The molecule has 3 nitrogen and oxygen atoms in total. The summed E-state index contributed by atoms with van der Waals surface area (Å²) in [6, 6.07) is 7.46. The number of halogens is 4. The smallest absolute Gasteiger partial charge is 0.264 e. The van der Waals surface area contributed by atoms with Crippen LogP contribution in [-0.2, 0) is 6.54 Å². The van der Waals surface area contributed by atoms with Crippen molar-refractivity contribution in [1.82, 2.24) is 9.80 Å². The molecular formula is C16H14Br2Cl2N2OS. The zero-order valence-electron chi connectivity index (χ0n) is 12.6. The van der Waals surface area contributed by atoms with Gasteiger partial charge in [-0.1, -0.05) is 29.3 Å². The number of rotatable bonds is 3. The van der Waals surface area contributed by atoms with Crippen LogP contribution in [-0.4, -0.2) is 41.9 Å². The van der Waals surface area contributed by atoms with Crippen LogP contribution in [0, 0.1) is 0 Å². The molecule has 8 heteroatoms. The number of carbonyl (C=O) groups is 1. The van der Waals surface area contributed by atoms with E-state index in [2.05, 4.69) is 36.8 Å². The zero-order chi connectivity index (χ0) is 17.3. The number of hydrogen-bond acceptors (Lipinski definition) is 3. The molecule has 1 aromatic heterocycles. The van der Waals surface area contributed by atoms with Crippen LogP contribution in [0.15, 0.2) is 32.5 Å². The number of amides is 1. The van der Waals surface area contributed by atoms with Gasteiger partial charge >= 0.3 is 0 Å². The van der Waals surface area contributed by atoms with E-state index >= 15 is 0 Å². The summed E-state index contributed by atoms with van der Waals surface area (Å²) in [4.78, 5) is 17.5. The molecule has 0 bridgehead atoms. The van der Waals surface area contributed by atoms with Gasteiger partial charge in [0.1, 0.15) is 0 Å². The zero-order valence-corrected chi connectivity index (χ0v) is 18.1. The van der Waals surface area contributed by atoms with Crippen molar-refractivity contribution in [3.05, 3.63) is 53.0 Å². The normalized spacial score (nSPS) is 15.8. The Bertz CT molecular complexity index is 741. The fourth-order valence-corrected chi connectivity index (χ4v) is 5.08. The molecule has 1 aliphatic heterocycles. The summed E-state index contributed by atoms with van der Waals surface area (Å²) in [7, 11) is 0. The summed E-state index contributed by atoms with van der Waals surface area (Å²) in [5.74, 6) is 0.0931. The molecule has 24 heavy (non-hydrogen) atoms. The predicted molar refractivity (Wildman–Crippen MR) is 107 cm³/mol. The fraction of sp³-hybridized carbons (Fsp3) is 0.312. The highest BCUT2D eigenvalue weighted by Crippen LogP contribution is 2.33. The molecule has 1 saturated heterocycles. The van der Waals surface area contributed by atoms with Crippen molar-refractivity contribution in [3.8, 4) is 0 Å².